The van der Waals surface area contributed by atoms with Gasteiger partial charge in [0.25, 0.3) is 0 Å². The van der Waals surface area contributed by atoms with E-state index < -0.39 is 0 Å². The minimum absolute atomic E-state index is 0.0893. The highest BCUT2D eigenvalue weighted by molar-refractivity contribution is 5.95. The molecule has 1 aliphatic rings. The highest BCUT2D eigenvalue weighted by atomic mass is 16.2. The van der Waals surface area contributed by atoms with Crippen molar-refractivity contribution in [3.8, 4) is 5.69 Å². The lowest BCUT2D eigenvalue weighted by Gasteiger charge is -2.14. The Labute approximate surface area is 156 Å². The number of nitrogens with one attached hydrogen (secondary N) is 2. The van der Waals surface area contributed by atoms with Crippen LogP contribution in [0.25, 0.3) is 5.69 Å². The van der Waals surface area contributed by atoms with Crippen molar-refractivity contribution in [3.05, 3.63) is 72.6 Å². The number of urea groups is 1. The lowest BCUT2D eigenvalue weighted by Crippen LogP contribution is -2.27. The van der Waals surface area contributed by atoms with Crippen LogP contribution in [-0.4, -0.2) is 34.8 Å². The molecule has 0 radical (unpaired) electrons. The van der Waals surface area contributed by atoms with Crippen LogP contribution < -0.4 is 15.5 Å². The zero-order valence-corrected chi connectivity index (χ0v) is 14.6. The number of hydrogen-bond donors (Lipinski definition) is 2. The fraction of sp³-hybridized carbons (Fsp3) is 0.150. The van der Waals surface area contributed by atoms with Crippen LogP contribution in [0.15, 0.2) is 67.0 Å². The molecule has 1 aliphatic heterocycles. The van der Waals surface area contributed by atoms with Gasteiger partial charge >= 0.3 is 6.03 Å². The number of nitrogens with zero attached hydrogens (tertiary/aromatic N) is 3. The predicted octanol–water partition coefficient (Wildman–Crippen LogP) is 2.58. The number of carbonyl (C=O) groups is 2. The van der Waals surface area contributed by atoms with E-state index in [1.165, 1.54) is 0 Å². The van der Waals surface area contributed by atoms with Crippen LogP contribution in [0.2, 0.25) is 0 Å². The van der Waals surface area contributed by atoms with Crippen LogP contribution in [0.1, 0.15) is 5.56 Å². The summed E-state index contributed by atoms with van der Waals surface area (Å²) < 4.78 is 1.77. The number of amides is 3. The van der Waals surface area contributed by atoms with E-state index in [9.17, 15) is 9.59 Å². The third-order valence-electron chi connectivity index (χ3n) is 4.39. The summed E-state index contributed by atoms with van der Waals surface area (Å²) in [5.41, 5.74) is 3.40. The third-order valence-corrected chi connectivity index (χ3v) is 4.39. The Balaban J connectivity index is 1.35. The van der Waals surface area contributed by atoms with Gasteiger partial charge in [0.2, 0.25) is 5.91 Å². The summed E-state index contributed by atoms with van der Waals surface area (Å²) in [6.45, 7) is 1.30. The molecule has 1 saturated heterocycles. The van der Waals surface area contributed by atoms with E-state index in [4.69, 9.17) is 0 Å². The number of benzene rings is 2. The Bertz CT molecular complexity index is 934. The molecule has 3 amide bonds. The van der Waals surface area contributed by atoms with E-state index in [1.807, 2.05) is 48.7 Å². The van der Waals surface area contributed by atoms with Gasteiger partial charge in [0.15, 0.2) is 0 Å². The van der Waals surface area contributed by atoms with Gasteiger partial charge in [-0.3, -0.25) is 9.69 Å². The number of hydrogen-bond acceptors (Lipinski definition) is 3. The Morgan fingerprint density at radius 1 is 1.07 bits per heavy atom. The molecule has 3 aromatic rings. The van der Waals surface area contributed by atoms with Crippen LogP contribution >= 0.6 is 0 Å². The van der Waals surface area contributed by atoms with Gasteiger partial charge in [-0.05, 0) is 48.0 Å². The molecule has 4 rings (SSSR count). The molecular formula is C20H19N5O2. The van der Waals surface area contributed by atoms with Crippen LogP contribution in [-0.2, 0) is 11.2 Å². The minimum Gasteiger partial charge on any atom is -0.336 e. The zero-order chi connectivity index (χ0) is 18.6. The van der Waals surface area contributed by atoms with Crippen molar-refractivity contribution in [3.63, 3.8) is 0 Å². The van der Waals surface area contributed by atoms with Crippen molar-refractivity contribution in [2.24, 2.45) is 0 Å². The lowest BCUT2D eigenvalue weighted by atomic mass is 10.1. The standard InChI is InChI=1S/C20H19N5O2/c26-19(14-15-2-6-18(7-3-15)25-12-1-10-22-25)23-16-4-8-17(9-5-16)24-13-11-21-20(24)27/h1-10,12H,11,13-14H2,(H,21,27)(H,23,26). The van der Waals surface area contributed by atoms with Gasteiger partial charge in [0.1, 0.15) is 0 Å². The number of aromatic nitrogens is 2. The molecule has 0 spiro atoms. The van der Waals surface area contributed by atoms with E-state index in [0.717, 1.165) is 16.9 Å². The Morgan fingerprint density at radius 2 is 1.81 bits per heavy atom. The Kier molecular flexibility index (Phi) is 4.57. The first-order chi connectivity index (χ1) is 13.2. The van der Waals surface area contributed by atoms with Crippen LogP contribution in [0.4, 0.5) is 16.2 Å². The van der Waals surface area contributed by atoms with Crippen molar-refractivity contribution in [2.45, 2.75) is 6.42 Å². The summed E-state index contributed by atoms with van der Waals surface area (Å²) in [5.74, 6) is -0.0893. The molecule has 2 N–H and O–H groups in total. The van der Waals surface area contributed by atoms with Gasteiger partial charge in [0, 0.05) is 36.9 Å². The minimum atomic E-state index is -0.0923. The second-order valence-corrected chi connectivity index (χ2v) is 6.27. The molecule has 0 aliphatic carbocycles. The van der Waals surface area contributed by atoms with Gasteiger partial charge in [-0.1, -0.05) is 12.1 Å². The number of carbonyl (C=O) groups excluding carboxylic acids is 2. The first-order valence-electron chi connectivity index (χ1n) is 8.73. The Morgan fingerprint density at radius 3 is 2.44 bits per heavy atom. The van der Waals surface area contributed by atoms with Crippen molar-refractivity contribution in [2.75, 3.05) is 23.3 Å². The molecule has 136 valence electrons. The van der Waals surface area contributed by atoms with Gasteiger partial charge < -0.3 is 10.6 Å². The predicted molar refractivity (Wildman–Crippen MR) is 103 cm³/mol. The van der Waals surface area contributed by atoms with E-state index in [2.05, 4.69) is 15.7 Å². The summed E-state index contributed by atoms with van der Waals surface area (Å²) in [6.07, 6.45) is 3.88. The fourth-order valence-electron chi connectivity index (χ4n) is 3.02. The molecule has 0 bridgehead atoms. The van der Waals surface area contributed by atoms with Crippen molar-refractivity contribution in [1.82, 2.24) is 15.1 Å². The molecule has 0 unspecified atom stereocenters. The zero-order valence-electron chi connectivity index (χ0n) is 14.6. The maximum absolute atomic E-state index is 12.3. The molecule has 0 saturated carbocycles. The molecule has 7 heteroatoms. The molecule has 2 aromatic carbocycles. The van der Waals surface area contributed by atoms with E-state index in [1.54, 1.807) is 27.9 Å². The quantitative estimate of drug-likeness (QED) is 0.733. The summed E-state index contributed by atoms with van der Waals surface area (Å²) >= 11 is 0. The van der Waals surface area contributed by atoms with Crippen molar-refractivity contribution in [1.29, 1.82) is 0 Å². The number of anilines is 2. The topological polar surface area (TPSA) is 79.3 Å². The van der Waals surface area contributed by atoms with Crippen molar-refractivity contribution < 1.29 is 9.59 Å². The molecule has 0 atom stereocenters. The summed E-state index contributed by atoms with van der Waals surface area (Å²) in [4.78, 5) is 25.6. The summed E-state index contributed by atoms with van der Waals surface area (Å²) in [6, 6.07) is 16.8. The monoisotopic (exact) mass is 361 g/mol. The average Bonchev–Trinajstić information content (AvgIpc) is 3.35. The second-order valence-electron chi connectivity index (χ2n) is 6.27. The van der Waals surface area contributed by atoms with Crippen LogP contribution in [0.5, 0.6) is 0 Å². The molecule has 1 fully saturated rings. The fourth-order valence-corrected chi connectivity index (χ4v) is 3.02. The van der Waals surface area contributed by atoms with Crippen LogP contribution in [0, 0.1) is 0 Å². The maximum Gasteiger partial charge on any atom is 0.321 e. The van der Waals surface area contributed by atoms with E-state index in [-0.39, 0.29) is 18.4 Å². The summed E-state index contributed by atoms with van der Waals surface area (Å²) in [7, 11) is 0. The molecule has 7 nitrogen and oxygen atoms in total. The second kappa shape index (κ2) is 7.33. The average molecular weight is 361 g/mol. The molecule has 2 heterocycles. The maximum atomic E-state index is 12.3. The molecule has 27 heavy (non-hydrogen) atoms. The van der Waals surface area contributed by atoms with Gasteiger partial charge in [0.05, 0.1) is 12.1 Å². The van der Waals surface area contributed by atoms with Gasteiger partial charge in [-0.2, -0.15) is 5.10 Å². The summed E-state index contributed by atoms with van der Waals surface area (Å²) in [5, 5.41) is 9.84. The van der Waals surface area contributed by atoms with Crippen molar-refractivity contribution >= 4 is 23.3 Å². The Hall–Kier alpha value is -3.61. The van der Waals surface area contributed by atoms with Gasteiger partial charge in [-0.15, -0.1) is 0 Å². The highest BCUT2D eigenvalue weighted by Gasteiger charge is 2.20. The first-order valence-corrected chi connectivity index (χ1v) is 8.73. The van der Waals surface area contributed by atoms with Gasteiger partial charge in [-0.25, -0.2) is 9.48 Å². The van der Waals surface area contributed by atoms with E-state index in [0.29, 0.717) is 18.8 Å². The highest BCUT2D eigenvalue weighted by Crippen LogP contribution is 2.19. The largest absolute Gasteiger partial charge is 0.336 e. The molecule has 1 aromatic heterocycles. The number of rotatable bonds is 5. The first kappa shape index (κ1) is 16.8. The molecular weight excluding hydrogens is 342 g/mol. The van der Waals surface area contributed by atoms with E-state index >= 15 is 0 Å². The SMILES string of the molecule is O=C(Cc1ccc(-n2cccn2)cc1)Nc1ccc(N2CCNC2=O)cc1. The van der Waals surface area contributed by atoms with Crippen LogP contribution in [0.3, 0.4) is 0 Å². The normalized spacial score (nSPS) is 13.5. The third kappa shape index (κ3) is 3.82. The smallest absolute Gasteiger partial charge is 0.321 e. The lowest BCUT2D eigenvalue weighted by molar-refractivity contribution is -0.115.